The first-order valence-corrected chi connectivity index (χ1v) is 31.4. The number of nitrogens with zero attached hydrogens (tertiary/aromatic N) is 2. The molecule has 2 nitrogen and oxygen atoms in total. The molecular formula is C86H66N2. The zero-order valence-corrected chi connectivity index (χ0v) is 50.2. The Morgan fingerprint density at radius 3 is 1.78 bits per heavy atom. The fourth-order valence-corrected chi connectivity index (χ4v) is 16.3. The second-order valence-corrected chi connectivity index (χ2v) is 25.9. The van der Waals surface area contributed by atoms with Crippen LogP contribution < -0.4 is 4.90 Å². The molecule has 1 heterocycles. The van der Waals surface area contributed by atoms with Gasteiger partial charge in [0.2, 0.25) is 0 Å². The monoisotopic (exact) mass is 1130 g/mol. The Hall–Kier alpha value is -10.3. The van der Waals surface area contributed by atoms with E-state index in [0.717, 1.165) is 41.2 Å². The summed E-state index contributed by atoms with van der Waals surface area (Å²) in [7, 11) is 0. The largest absolute Gasteiger partial charge is 0.310 e. The molecule has 0 saturated heterocycles. The Labute approximate surface area is 516 Å². The first-order valence-electron chi connectivity index (χ1n) is 31.4. The lowest BCUT2D eigenvalue weighted by Gasteiger charge is -2.40. The number of anilines is 3. The van der Waals surface area contributed by atoms with Gasteiger partial charge in [-0.05, 0) is 203 Å². The van der Waals surface area contributed by atoms with E-state index in [9.17, 15) is 0 Å². The lowest BCUT2D eigenvalue weighted by molar-refractivity contribution is 0.527. The Balaban J connectivity index is 0.722. The molecule has 0 saturated carbocycles. The molecule has 0 fully saturated rings. The summed E-state index contributed by atoms with van der Waals surface area (Å²) in [6.45, 7) is 13.7. The van der Waals surface area contributed by atoms with E-state index in [1.54, 1.807) is 5.57 Å². The predicted octanol–water partition coefficient (Wildman–Crippen LogP) is 22.5. The van der Waals surface area contributed by atoms with Gasteiger partial charge in [0.05, 0.1) is 16.4 Å². The van der Waals surface area contributed by atoms with E-state index in [4.69, 9.17) is 0 Å². The van der Waals surface area contributed by atoms with Gasteiger partial charge in [-0.2, -0.15) is 0 Å². The Bertz CT molecular complexity index is 5000. The molecule has 1 aromatic heterocycles. The molecule has 0 aliphatic heterocycles. The van der Waals surface area contributed by atoms with Gasteiger partial charge >= 0.3 is 0 Å². The van der Waals surface area contributed by atoms with Gasteiger partial charge in [0.1, 0.15) is 0 Å². The van der Waals surface area contributed by atoms with Crippen molar-refractivity contribution in [2.24, 2.45) is 5.92 Å². The van der Waals surface area contributed by atoms with E-state index in [0.29, 0.717) is 5.92 Å². The summed E-state index contributed by atoms with van der Waals surface area (Å²) in [4.78, 5) is 2.42. The molecule has 0 N–H and O–H groups in total. The molecule has 17 rings (SSSR count). The van der Waals surface area contributed by atoms with Crippen molar-refractivity contribution in [3.05, 3.63) is 341 Å². The summed E-state index contributed by atoms with van der Waals surface area (Å²) < 4.78 is 2.45. The number of hydrogen-bond acceptors (Lipinski definition) is 1. The molecule has 1 spiro atoms. The Morgan fingerprint density at radius 1 is 0.466 bits per heavy atom. The lowest BCUT2D eigenvalue weighted by atomic mass is 9.62. The highest BCUT2D eigenvalue weighted by Gasteiger charge is 2.60. The molecule has 3 unspecified atom stereocenters. The van der Waals surface area contributed by atoms with E-state index in [-0.39, 0.29) is 16.2 Å². The number of aromatic nitrogens is 1. The fourth-order valence-electron chi connectivity index (χ4n) is 16.3. The van der Waals surface area contributed by atoms with Crippen molar-refractivity contribution < 1.29 is 0 Å². The van der Waals surface area contributed by atoms with Crippen LogP contribution in [0.4, 0.5) is 17.1 Å². The fraction of sp³-hybridized carbons (Fsp3) is 0.116. The molecule has 0 bridgehead atoms. The van der Waals surface area contributed by atoms with Crippen LogP contribution in [0.1, 0.15) is 85.0 Å². The predicted molar refractivity (Wildman–Crippen MR) is 371 cm³/mol. The van der Waals surface area contributed by atoms with Gasteiger partial charge in [-0.1, -0.05) is 247 Å². The zero-order chi connectivity index (χ0) is 59.0. The standard InChI is InChI=1S/C86H66N2/c1-6-56-25-27-59(28-26-56)64-48-49-85(5)76-21-13-14-22-77(76)86(83(85)53-64)79-50-55(2)24-44-71(79)72-45-35-63(52-80(72)86)61-33-41-67(42-34-61)88-81-23-15-11-19-73(81)74-51-62(36-47-82(74)88)60-31-39-66(40-32-60)87(65-37-29-58(30-38-65)57-16-8-7-9-17-57)68-43-46-70-69-18-10-12-20-75(69)84(3,4)78(70)54-68/h6-48,51-55H,1,49-50H2,2-5H3. The summed E-state index contributed by atoms with van der Waals surface area (Å²) >= 11 is 0. The van der Waals surface area contributed by atoms with E-state index >= 15 is 0 Å². The van der Waals surface area contributed by atoms with Gasteiger partial charge in [-0.3, -0.25) is 0 Å². The van der Waals surface area contributed by atoms with Gasteiger partial charge in [-0.25, -0.2) is 0 Å². The van der Waals surface area contributed by atoms with Crippen molar-refractivity contribution in [1.29, 1.82) is 0 Å². The SMILES string of the molecule is C=Cc1ccc(C2=CCC3(C)C(=C2)C2(C4=C(C=CC(C)C4)c4ccc(-c5ccc(-n6c7ccccc7c7cc(-c8ccc(N(c9ccc(-c%10ccccc%10)cc9)c9ccc%10c(c9)C(C)(C)c9ccccc9-%10)cc8)ccc76)cc5)cc42)c2ccccc23)cc1. The molecule has 11 aromatic carbocycles. The number of benzene rings is 11. The van der Waals surface area contributed by atoms with Crippen molar-refractivity contribution in [1.82, 2.24) is 4.57 Å². The molecule has 3 atom stereocenters. The molecule has 88 heavy (non-hydrogen) atoms. The van der Waals surface area contributed by atoms with E-state index in [1.807, 2.05) is 6.08 Å². The third-order valence-corrected chi connectivity index (χ3v) is 20.7. The van der Waals surface area contributed by atoms with Gasteiger partial charge in [0, 0.05) is 44.4 Å². The summed E-state index contributed by atoms with van der Waals surface area (Å²) in [5, 5.41) is 2.47. The Morgan fingerprint density at radius 2 is 1.03 bits per heavy atom. The van der Waals surface area contributed by atoms with E-state index < -0.39 is 0 Å². The zero-order valence-electron chi connectivity index (χ0n) is 50.2. The van der Waals surface area contributed by atoms with E-state index in [2.05, 4.69) is 323 Å². The highest BCUT2D eigenvalue weighted by Crippen LogP contribution is 2.69. The van der Waals surface area contributed by atoms with Crippen LogP contribution in [0, 0.1) is 5.92 Å². The maximum absolute atomic E-state index is 4.04. The van der Waals surface area contributed by atoms with Crippen LogP contribution >= 0.6 is 0 Å². The van der Waals surface area contributed by atoms with Crippen LogP contribution in [0.2, 0.25) is 0 Å². The third kappa shape index (κ3) is 7.67. The van der Waals surface area contributed by atoms with Gasteiger partial charge in [-0.15, -0.1) is 0 Å². The van der Waals surface area contributed by atoms with Crippen LogP contribution in [0.25, 0.3) is 89.2 Å². The molecule has 420 valence electrons. The minimum Gasteiger partial charge on any atom is -0.310 e. The molecular weight excluding hydrogens is 1060 g/mol. The number of fused-ring (bicyclic) bond motifs is 15. The maximum Gasteiger partial charge on any atom is 0.0651 e. The van der Waals surface area contributed by atoms with Crippen LogP contribution in [0.5, 0.6) is 0 Å². The molecule has 2 heteroatoms. The first kappa shape index (κ1) is 52.1. The van der Waals surface area contributed by atoms with Crippen molar-refractivity contribution >= 4 is 56.1 Å². The van der Waals surface area contributed by atoms with E-state index in [1.165, 1.54) is 122 Å². The smallest absolute Gasteiger partial charge is 0.0651 e. The summed E-state index contributed by atoms with van der Waals surface area (Å²) in [6, 6.07) is 95.7. The maximum atomic E-state index is 4.04. The number of hydrogen-bond donors (Lipinski definition) is 0. The van der Waals surface area contributed by atoms with Gasteiger partial charge < -0.3 is 9.47 Å². The van der Waals surface area contributed by atoms with Crippen LogP contribution in [-0.2, 0) is 16.2 Å². The van der Waals surface area contributed by atoms with Crippen LogP contribution in [0.3, 0.4) is 0 Å². The number of para-hydroxylation sites is 1. The summed E-state index contributed by atoms with van der Waals surface area (Å²) in [5.41, 5.74) is 32.7. The minimum absolute atomic E-state index is 0.119. The quantitative estimate of drug-likeness (QED) is 0.140. The molecule has 0 radical (unpaired) electrons. The number of rotatable bonds is 9. The highest BCUT2D eigenvalue weighted by atomic mass is 15.1. The number of allylic oxidation sites excluding steroid dienone is 8. The topological polar surface area (TPSA) is 8.17 Å². The van der Waals surface area contributed by atoms with Crippen LogP contribution in [-0.4, -0.2) is 4.57 Å². The Kier molecular flexibility index (Phi) is 11.6. The second kappa shape index (κ2) is 19.6. The molecule has 5 aliphatic carbocycles. The minimum atomic E-state index is -0.375. The van der Waals surface area contributed by atoms with Crippen LogP contribution in [0.15, 0.2) is 297 Å². The summed E-state index contributed by atoms with van der Waals surface area (Å²) in [5.74, 6) is 0.446. The molecule has 5 aliphatic rings. The van der Waals surface area contributed by atoms with Gasteiger partial charge in [0.15, 0.2) is 0 Å². The van der Waals surface area contributed by atoms with Crippen molar-refractivity contribution in [3.63, 3.8) is 0 Å². The molecule has 0 amide bonds. The average molecular weight is 1130 g/mol. The van der Waals surface area contributed by atoms with Gasteiger partial charge in [0.25, 0.3) is 0 Å². The second-order valence-electron chi connectivity index (χ2n) is 25.9. The van der Waals surface area contributed by atoms with Crippen molar-refractivity contribution in [3.8, 4) is 50.2 Å². The average Bonchev–Trinajstić information content (AvgIpc) is 1.50. The summed E-state index contributed by atoms with van der Waals surface area (Å²) in [6.07, 6.45) is 13.9. The first-order chi connectivity index (χ1) is 43.1. The normalized spacial score (nSPS) is 19.0. The van der Waals surface area contributed by atoms with Crippen molar-refractivity contribution in [2.75, 3.05) is 4.90 Å². The van der Waals surface area contributed by atoms with Crippen molar-refractivity contribution in [2.45, 2.75) is 56.8 Å². The highest BCUT2D eigenvalue weighted by molar-refractivity contribution is 6.10. The third-order valence-electron chi connectivity index (χ3n) is 20.7. The molecule has 12 aromatic rings. The lowest BCUT2D eigenvalue weighted by Crippen LogP contribution is -2.34.